The third-order valence-electron chi connectivity index (χ3n) is 2.17. The fraction of sp³-hybridized carbons (Fsp3) is 0. The van der Waals surface area contributed by atoms with Gasteiger partial charge in [-0.25, -0.2) is 8.42 Å². The van der Waals surface area contributed by atoms with Gasteiger partial charge in [0.25, 0.3) is 9.05 Å². The Balaban J connectivity index is 2.47. The first kappa shape index (κ1) is 12.4. The minimum absolute atomic E-state index is 0.0324. The molecule has 0 saturated carbocycles. The summed E-state index contributed by atoms with van der Waals surface area (Å²) in [6, 6.07) is 10.1. The number of halogens is 2. The highest BCUT2D eigenvalue weighted by atomic mass is 35.7. The van der Waals surface area contributed by atoms with Crippen LogP contribution in [0.15, 0.2) is 47.5 Å². The van der Waals surface area contributed by atoms with Gasteiger partial charge < -0.3 is 0 Å². The van der Waals surface area contributed by atoms with E-state index in [2.05, 4.69) is 4.98 Å². The predicted octanol–water partition coefficient (Wildman–Crippen LogP) is 3.33. The van der Waals surface area contributed by atoms with Gasteiger partial charge in [0.1, 0.15) is 4.90 Å². The molecule has 1 aromatic heterocycles. The highest BCUT2D eigenvalue weighted by Crippen LogP contribution is 2.26. The lowest BCUT2D eigenvalue weighted by Gasteiger charge is -2.03. The van der Waals surface area contributed by atoms with Crippen molar-refractivity contribution in [2.45, 2.75) is 4.90 Å². The van der Waals surface area contributed by atoms with Crippen LogP contribution in [-0.4, -0.2) is 13.4 Å². The summed E-state index contributed by atoms with van der Waals surface area (Å²) in [6.45, 7) is 0. The summed E-state index contributed by atoms with van der Waals surface area (Å²) in [4.78, 5) is 4.00. The molecule has 0 aliphatic rings. The average molecular weight is 288 g/mol. The van der Waals surface area contributed by atoms with Gasteiger partial charge in [-0.2, -0.15) is 0 Å². The topological polar surface area (TPSA) is 47.0 Å². The molecule has 17 heavy (non-hydrogen) atoms. The summed E-state index contributed by atoms with van der Waals surface area (Å²) in [5.41, 5.74) is 1.34. The van der Waals surface area contributed by atoms with E-state index in [1.165, 1.54) is 12.3 Å². The molecular formula is C11H7Cl2NO2S. The summed E-state index contributed by atoms with van der Waals surface area (Å²) in [5.74, 6) is 0. The molecule has 1 aromatic carbocycles. The lowest BCUT2D eigenvalue weighted by molar-refractivity contribution is 0.609. The maximum absolute atomic E-state index is 11.0. The van der Waals surface area contributed by atoms with E-state index in [4.69, 9.17) is 22.3 Å². The van der Waals surface area contributed by atoms with Crippen LogP contribution in [0.2, 0.25) is 5.02 Å². The Labute approximate surface area is 108 Å². The number of pyridine rings is 1. The molecule has 0 unspecified atom stereocenters. The Morgan fingerprint density at radius 2 is 1.76 bits per heavy atom. The van der Waals surface area contributed by atoms with Crippen molar-refractivity contribution in [2.75, 3.05) is 0 Å². The zero-order valence-corrected chi connectivity index (χ0v) is 10.8. The lowest BCUT2D eigenvalue weighted by Crippen LogP contribution is -1.92. The summed E-state index contributed by atoms with van der Waals surface area (Å²) in [5, 5.41) is 0.557. The highest BCUT2D eigenvalue weighted by Gasteiger charge is 2.11. The van der Waals surface area contributed by atoms with Gasteiger partial charge in [0.15, 0.2) is 0 Å². The van der Waals surface area contributed by atoms with Crippen LogP contribution in [0.25, 0.3) is 11.3 Å². The second kappa shape index (κ2) is 4.64. The zero-order chi connectivity index (χ0) is 12.5. The standard InChI is InChI=1S/C11H7Cl2NO2S/c12-10-4-2-1-3-9(10)11-6-5-8(7-14-11)17(13,15)16/h1-7H. The van der Waals surface area contributed by atoms with Gasteiger partial charge in [-0.05, 0) is 18.2 Å². The quantitative estimate of drug-likeness (QED) is 0.796. The van der Waals surface area contributed by atoms with Crippen LogP contribution in [0.4, 0.5) is 0 Å². The van der Waals surface area contributed by atoms with E-state index in [0.29, 0.717) is 10.7 Å². The average Bonchev–Trinajstić information content (AvgIpc) is 2.29. The molecule has 88 valence electrons. The van der Waals surface area contributed by atoms with Crippen LogP contribution in [0.1, 0.15) is 0 Å². The first-order chi connectivity index (χ1) is 7.98. The van der Waals surface area contributed by atoms with Crippen molar-refractivity contribution >= 4 is 31.3 Å². The van der Waals surface area contributed by atoms with E-state index in [-0.39, 0.29) is 4.90 Å². The molecule has 0 N–H and O–H groups in total. The van der Waals surface area contributed by atoms with E-state index in [1.807, 2.05) is 12.1 Å². The molecule has 3 nitrogen and oxygen atoms in total. The minimum Gasteiger partial charge on any atom is -0.255 e. The van der Waals surface area contributed by atoms with Crippen molar-refractivity contribution in [3.05, 3.63) is 47.6 Å². The van der Waals surface area contributed by atoms with Gasteiger partial charge in [0, 0.05) is 27.5 Å². The predicted molar refractivity (Wildman–Crippen MR) is 67.7 cm³/mol. The molecule has 0 radical (unpaired) electrons. The third-order valence-corrected chi connectivity index (χ3v) is 3.84. The smallest absolute Gasteiger partial charge is 0.255 e. The normalized spacial score (nSPS) is 11.4. The molecular weight excluding hydrogens is 281 g/mol. The molecule has 2 aromatic rings. The Morgan fingerprint density at radius 1 is 1.06 bits per heavy atom. The molecule has 1 heterocycles. The van der Waals surface area contributed by atoms with E-state index in [1.54, 1.807) is 18.2 Å². The molecule has 0 atom stereocenters. The number of benzene rings is 1. The molecule has 0 bridgehead atoms. The fourth-order valence-corrected chi connectivity index (χ4v) is 2.27. The summed E-state index contributed by atoms with van der Waals surface area (Å²) < 4.78 is 22.1. The van der Waals surface area contributed by atoms with Crippen LogP contribution in [0.3, 0.4) is 0 Å². The zero-order valence-electron chi connectivity index (χ0n) is 8.47. The Bertz CT molecular complexity index is 639. The monoisotopic (exact) mass is 287 g/mol. The Morgan fingerprint density at radius 3 is 2.29 bits per heavy atom. The van der Waals surface area contributed by atoms with Crippen molar-refractivity contribution in [2.24, 2.45) is 0 Å². The van der Waals surface area contributed by atoms with Crippen molar-refractivity contribution in [3.8, 4) is 11.3 Å². The molecule has 0 amide bonds. The number of nitrogens with zero attached hydrogens (tertiary/aromatic N) is 1. The number of rotatable bonds is 2. The van der Waals surface area contributed by atoms with E-state index in [0.717, 1.165) is 5.56 Å². The lowest BCUT2D eigenvalue weighted by atomic mass is 10.1. The van der Waals surface area contributed by atoms with Gasteiger partial charge >= 0.3 is 0 Å². The molecule has 0 aliphatic heterocycles. The number of hydrogen-bond donors (Lipinski definition) is 0. The highest BCUT2D eigenvalue weighted by molar-refractivity contribution is 8.13. The van der Waals surface area contributed by atoms with Gasteiger partial charge in [-0.1, -0.05) is 29.8 Å². The van der Waals surface area contributed by atoms with Crippen LogP contribution in [0, 0.1) is 0 Å². The number of hydrogen-bond acceptors (Lipinski definition) is 3. The number of aromatic nitrogens is 1. The van der Waals surface area contributed by atoms with E-state index in [9.17, 15) is 8.42 Å². The van der Waals surface area contributed by atoms with Crippen molar-refractivity contribution in [1.29, 1.82) is 0 Å². The SMILES string of the molecule is O=S(=O)(Cl)c1ccc(-c2ccccc2Cl)nc1. The van der Waals surface area contributed by atoms with Gasteiger partial charge in [-0.3, -0.25) is 4.98 Å². The molecule has 0 fully saturated rings. The molecule has 6 heteroatoms. The molecule has 0 spiro atoms. The fourth-order valence-electron chi connectivity index (χ4n) is 1.35. The van der Waals surface area contributed by atoms with Crippen molar-refractivity contribution < 1.29 is 8.42 Å². The largest absolute Gasteiger partial charge is 0.262 e. The van der Waals surface area contributed by atoms with Crippen molar-refractivity contribution in [1.82, 2.24) is 4.98 Å². The van der Waals surface area contributed by atoms with Gasteiger partial charge in [0.2, 0.25) is 0 Å². The molecule has 0 aliphatic carbocycles. The van der Waals surface area contributed by atoms with Crippen LogP contribution < -0.4 is 0 Å². The van der Waals surface area contributed by atoms with Crippen molar-refractivity contribution in [3.63, 3.8) is 0 Å². The minimum atomic E-state index is -3.74. The Kier molecular flexibility index (Phi) is 3.38. The van der Waals surface area contributed by atoms with Crippen LogP contribution in [-0.2, 0) is 9.05 Å². The summed E-state index contributed by atoms with van der Waals surface area (Å²) >= 11 is 6.00. The summed E-state index contributed by atoms with van der Waals surface area (Å²) in [7, 11) is 1.46. The Hall–Kier alpha value is -1.10. The third kappa shape index (κ3) is 2.77. The maximum Gasteiger partial charge on any atom is 0.262 e. The second-order valence-electron chi connectivity index (χ2n) is 3.30. The maximum atomic E-state index is 11.0. The molecule has 2 rings (SSSR count). The van der Waals surface area contributed by atoms with E-state index < -0.39 is 9.05 Å². The van der Waals surface area contributed by atoms with Crippen LogP contribution >= 0.6 is 22.3 Å². The van der Waals surface area contributed by atoms with E-state index >= 15 is 0 Å². The van der Waals surface area contributed by atoms with Crippen LogP contribution in [0.5, 0.6) is 0 Å². The first-order valence-electron chi connectivity index (χ1n) is 4.64. The van der Waals surface area contributed by atoms with Gasteiger partial charge in [0.05, 0.1) is 5.69 Å². The first-order valence-corrected chi connectivity index (χ1v) is 7.33. The summed E-state index contributed by atoms with van der Waals surface area (Å²) in [6.07, 6.45) is 1.21. The van der Waals surface area contributed by atoms with Gasteiger partial charge in [-0.15, -0.1) is 0 Å². The second-order valence-corrected chi connectivity index (χ2v) is 6.27. The molecule has 0 saturated heterocycles.